The van der Waals surface area contributed by atoms with Crippen LogP contribution in [0.1, 0.15) is 15.2 Å². The van der Waals surface area contributed by atoms with E-state index in [1.807, 2.05) is 24.3 Å². The highest BCUT2D eigenvalue weighted by molar-refractivity contribution is 7.16. The fraction of sp³-hybridized carbons (Fsp3) is 0. The van der Waals surface area contributed by atoms with Crippen LogP contribution in [0, 0.1) is 0 Å². The van der Waals surface area contributed by atoms with Crippen molar-refractivity contribution in [2.24, 2.45) is 0 Å². The van der Waals surface area contributed by atoms with Crippen LogP contribution in [0.5, 0.6) is 0 Å². The summed E-state index contributed by atoms with van der Waals surface area (Å²) in [5.74, 6) is -1.78. The van der Waals surface area contributed by atoms with E-state index < -0.39 is 11.9 Å². The lowest BCUT2D eigenvalue weighted by Gasteiger charge is -2.06. The molecular formula is C20H15ClN2O3S. The minimum Gasteiger partial charge on any atom is -0.477 e. The number of carboxylic acid groups (broad SMARTS) is 1. The molecular weight excluding hydrogens is 384 g/mol. The molecule has 0 aliphatic rings. The van der Waals surface area contributed by atoms with Gasteiger partial charge in [0, 0.05) is 31.6 Å². The number of benzene rings is 2. The number of nitrogen functional groups attached to an aromatic ring is 1. The minimum atomic E-state index is -1.24. The zero-order chi connectivity index (χ0) is 19.4. The molecule has 0 fully saturated rings. The van der Waals surface area contributed by atoms with Gasteiger partial charge in [0.15, 0.2) is 0 Å². The van der Waals surface area contributed by atoms with E-state index >= 15 is 0 Å². The summed E-state index contributed by atoms with van der Waals surface area (Å²) in [6.45, 7) is 0. The Bertz CT molecular complexity index is 1040. The van der Waals surface area contributed by atoms with Crippen LogP contribution >= 0.6 is 22.9 Å². The van der Waals surface area contributed by atoms with Gasteiger partial charge in [0.25, 0.3) is 5.91 Å². The Hall–Kier alpha value is -3.09. The summed E-state index contributed by atoms with van der Waals surface area (Å²) in [4.78, 5) is 25.4. The van der Waals surface area contributed by atoms with Gasteiger partial charge >= 0.3 is 5.97 Å². The zero-order valence-corrected chi connectivity index (χ0v) is 15.6. The van der Waals surface area contributed by atoms with Gasteiger partial charge in [-0.25, -0.2) is 4.79 Å². The predicted molar refractivity (Wildman–Crippen MR) is 109 cm³/mol. The van der Waals surface area contributed by atoms with Gasteiger partial charge in [0.05, 0.1) is 0 Å². The van der Waals surface area contributed by atoms with Gasteiger partial charge in [0.2, 0.25) is 0 Å². The molecule has 4 N–H and O–H groups in total. The first-order chi connectivity index (χ1) is 12.9. The van der Waals surface area contributed by atoms with E-state index in [0.717, 1.165) is 10.4 Å². The van der Waals surface area contributed by atoms with E-state index in [0.29, 0.717) is 15.6 Å². The number of hydrogen-bond acceptors (Lipinski definition) is 4. The monoisotopic (exact) mass is 398 g/mol. The van der Waals surface area contributed by atoms with Gasteiger partial charge in [-0.3, -0.25) is 4.79 Å². The topological polar surface area (TPSA) is 92.4 Å². The molecule has 1 aromatic heterocycles. The first-order valence-electron chi connectivity index (χ1n) is 7.90. The first kappa shape index (κ1) is 18.7. The Morgan fingerprint density at radius 2 is 1.85 bits per heavy atom. The van der Waals surface area contributed by atoms with Crippen LogP contribution in [0.25, 0.3) is 16.5 Å². The van der Waals surface area contributed by atoms with E-state index in [2.05, 4.69) is 5.32 Å². The number of aliphatic carboxylic acids is 1. The van der Waals surface area contributed by atoms with Crippen molar-refractivity contribution < 1.29 is 14.7 Å². The summed E-state index contributed by atoms with van der Waals surface area (Å²) in [6.07, 6.45) is 1.41. The van der Waals surface area contributed by atoms with Crippen molar-refractivity contribution in [3.8, 4) is 10.4 Å². The maximum absolute atomic E-state index is 12.3. The molecule has 0 bridgehead atoms. The molecule has 0 aliphatic carbocycles. The maximum Gasteiger partial charge on any atom is 0.352 e. The molecule has 0 saturated heterocycles. The number of halogens is 1. The van der Waals surface area contributed by atoms with Crippen molar-refractivity contribution in [2.75, 3.05) is 5.73 Å². The van der Waals surface area contributed by atoms with Crippen LogP contribution < -0.4 is 11.1 Å². The number of amides is 1. The first-order valence-corrected chi connectivity index (χ1v) is 9.10. The van der Waals surface area contributed by atoms with Gasteiger partial charge < -0.3 is 16.2 Å². The lowest BCUT2D eigenvalue weighted by atomic mass is 10.2. The normalized spacial score (nSPS) is 11.2. The van der Waals surface area contributed by atoms with E-state index in [4.69, 9.17) is 17.3 Å². The molecule has 136 valence electrons. The lowest BCUT2D eigenvalue weighted by Crippen LogP contribution is -2.27. The smallest absolute Gasteiger partial charge is 0.352 e. The van der Waals surface area contributed by atoms with Gasteiger partial charge in [-0.2, -0.15) is 0 Å². The molecule has 1 heterocycles. The highest BCUT2D eigenvalue weighted by atomic mass is 35.5. The third-order valence-electron chi connectivity index (χ3n) is 3.68. The van der Waals surface area contributed by atoms with Crippen LogP contribution in [0.3, 0.4) is 0 Å². The number of thiophene rings is 1. The zero-order valence-electron chi connectivity index (χ0n) is 14.0. The maximum atomic E-state index is 12.3. The quantitative estimate of drug-likeness (QED) is 0.435. The number of nitrogens with two attached hydrogens (primary N) is 1. The Morgan fingerprint density at radius 1 is 1.07 bits per heavy atom. The summed E-state index contributed by atoms with van der Waals surface area (Å²) in [5, 5.41) is 12.5. The Balaban J connectivity index is 1.85. The molecule has 0 aliphatic heterocycles. The van der Waals surface area contributed by atoms with E-state index in [9.17, 15) is 14.7 Å². The average Bonchev–Trinajstić information content (AvgIpc) is 3.09. The third kappa shape index (κ3) is 4.55. The highest BCUT2D eigenvalue weighted by Crippen LogP contribution is 2.33. The molecule has 0 atom stereocenters. The highest BCUT2D eigenvalue weighted by Gasteiger charge is 2.14. The molecule has 0 radical (unpaired) electrons. The summed E-state index contributed by atoms with van der Waals surface area (Å²) >= 11 is 7.58. The molecule has 0 saturated carbocycles. The second kappa shape index (κ2) is 8.07. The molecule has 27 heavy (non-hydrogen) atoms. The van der Waals surface area contributed by atoms with Crippen molar-refractivity contribution >= 4 is 46.6 Å². The minimum absolute atomic E-state index is 0.227. The van der Waals surface area contributed by atoms with Crippen LogP contribution in [-0.4, -0.2) is 17.0 Å². The van der Waals surface area contributed by atoms with Crippen LogP contribution in [0.4, 0.5) is 5.69 Å². The molecule has 2 aromatic carbocycles. The SMILES string of the molecule is Nc1cccc(C(=O)NC(=Cc2ccc(-c3ccccc3Cl)s2)C(=O)O)c1. The van der Waals surface area contributed by atoms with Gasteiger partial charge in [-0.1, -0.05) is 35.9 Å². The van der Waals surface area contributed by atoms with Crippen molar-refractivity contribution in [3.63, 3.8) is 0 Å². The number of hydrogen-bond donors (Lipinski definition) is 3. The molecule has 3 rings (SSSR count). The molecule has 0 unspecified atom stereocenters. The fourth-order valence-corrected chi connectivity index (χ4v) is 3.69. The van der Waals surface area contributed by atoms with Crippen molar-refractivity contribution in [3.05, 3.63) is 81.8 Å². The average molecular weight is 399 g/mol. The van der Waals surface area contributed by atoms with E-state index in [1.54, 1.807) is 30.3 Å². The molecule has 5 nitrogen and oxygen atoms in total. The van der Waals surface area contributed by atoms with Gasteiger partial charge in [0.1, 0.15) is 5.70 Å². The van der Waals surface area contributed by atoms with E-state index in [1.165, 1.54) is 23.5 Å². The molecule has 7 heteroatoms. The molecule has 1 amide bonds. The number of anilines is 1. The molecule has 3 aromatic rings. The third-order valence-corrected chi connectivity index (χ3v) is 5.08. The van der Waals surface area contributed by atoms with Crippen molar-refractivity contribution in [1.82, 2.24) is 5.32 Å². The number of carboxylic acids is 1. The Morgan fingerprint density at radius 3 is 2.56 bits per heavy atom. The lowest BCUT2D eigenvalue weighted by molar-refractivity contribution is -0.132. The number of carbonyl (C=O) groups excluding carboxylic acids is 1. The van der Waals surface area contributed by atoms with Crippen LogP contribution in [0.15, 0.2) is 66.4 Å². The summed E-state index contributed by atoms with van der Waals surface area (Å²) in [6, 6.07) is 17.4. The summed E-state index contributed by atoms with van der Waals surface area (Å²) in [7, 11) is 0. The second-order valence-corrected chi connectivity index (χ2v) is 7.15. The van der Waals surface area contributed by atoms with Gasteiger partial charge in [-0.05, 0) is 42.5 Å². The largest absolute Gasteiger partial charge is 0.477 e. The second-order valence-electron chi connectivity index (χ2n) is 5.62. The van der Waals surface area contributed by atoms with E-state index in [-0.39, 0.29) is 11.3 Å². The standard InChI is InChI=1S/C20H15ClN2O3S/c21-16-7-2-1-6-15(16)18-9-8-14(27-18)11-17(20(25)26)23-19(24)12-4-3-5-13(22)10-12/h1-11H,22H2,(H,23,24)(H,25,26). The number of nitrogens with one attached hydrogen (secondary N) is 1. The molecule has 0 spiro atoms. The van der Waals surface area contributed by atoms with Crippen LogP contribution in [0.2, 0.25) is 5.02 Å². The predicted octanol–water partition coefficient (Wildman–Crippen LogP) is 4.51. The summed E-state index contributed by atoms with van der Waals surface area (Å²) in [5.41, 5.74) is 7.00. The van der Waals surface area contributed by atoms with Crippen molar-refractivity contribution in [1.29, 1.82) is 0 Å². The van der Waals surface area contributed by atoms with Crippen LogP contribution in [-0.2, 0) is 4.79 Å². The Kier molecular flexibility index (Phi) is 5.59. The Labute approximate surface area is 164 Å². The van der Waals surface area contributed by atoms with Crippen molar-refractivity contribution in [2.45, 2.75) is 0 Å². The van der Waals surface area contributed by atoms with Gasteiger partial charge in [-0.15, -0.1) is 11.3 Å². The number of rotatable bonds is 5. The summed E-state index contributed by atoms with van der Waals surface area (Å²) < 4.78 is 0. The number of carbonyl (C=O) groups is 2. The fourth-order valence-electron chi connectivity index (χ4n) is 2.40.